The molecule has 7 nitrogen and oxygen atoms in total. The van der Waals surface area contributed by atoms with Crippen LogP contribution >= 0.6 is 11.8 Å². The molecule has 5 atom stereocenters. The van der Waals surface area contributed by atoms with E-state index in [1.807, 2.05) is 84.9 Å². The van der Waals surface area contributed by atoms with E-state index in [0.29, 0.717) is 18.6 Å². The largest absolute Gasteiger partial charge is 0.444 e. The lowest BCUT2D eigenvalue weighted by atomic mass is 9.93. The van der Waals surface area contributed by atoms with Crippen molar-refractivity contribution < 1.29 is 24.5 Å². The molecule has 0 saturated carbocycles. The van der Waals surface area contributed by atoms with Gasteiger partial charge in [0, 0.05) is 23.0 Å². The SMILES string of the molecule is CC(C)(C)OC(=O)NC(Cc1ccccc1)C(O)CC(CSc1ccccc1)C(=O)N[C@H]1c2ccccc2C[C@@H]1O. The van der Waals surface area contributed by atoms with Crippen molar-refractivity contribution in [3.63, 3.8) is 0 Å². The van der Waals surface area contributed by atoms with Gasteiger partial charge in [0.15, 0.2) is 0 Å². The van der Waals surface area contributed by atoms with Crippen LogP contribution in [-0.4, -0.2) is 51.8 Å². The van der Waals surface area contributed by atoms with Gasteiger partial charge < -0.3 is 25.6 Å². The minimum atomic E-state index is -1.03. The molecule has 3 aromatic carbocycles. The molecule has 0 radical (unpaired) electrons. The highest BCUT2D eigenvalue weighted by Crippen LogP contribution is 2.32. The van der Waals surface area contributed by atoms with E-state index in [9.17, 15) is 19.8 Å². The summed E-state index contributed by atoms with van der Waals surface area (Å²) in [5.41, 5.74) is 2.18. The smallest absolute Gasteiger partial charge is 0.407 e. The Balaban J connectivity index is 1.52. The van der Waals surface area contributed by atoms with Crippen molar-refractivity contribution in [3.8, 4) is 0 Å². The van der Waals surface area contributed by atoms with Crippen LogP contribution in [0.4, 0.5) is 4.79 Å². The van der Waals surface area contributed by atoms with Gasteiger partial charge in [-0.1, -0.05) is 72.8 Å². The average Bonchev–Trinajstić information content (AvgIpc) is 3.25. The van der Waals surface area contributed by atoms with Crippen molar-refractivity contribution in [2.24, 2.45) is 5.92 Å². The third-order valence-corrected chi connectivity index (χ3v) is 8.23. The highest BCUT2D eigenvalue weighted by molar-refractivity contribution is 7.99. The minimum Gasteiger partial charge on any atom is -0.444 e. The molecular formula is C33H40N2O5S. The van der Waals surface area contributed by atoms with E-state index in [-0.39, 0.29) is 12.3 Å². The molecule has 4 N–H and O–H groups in total. The summed E-state index contributed by atoms with van der Waals surface area (Å²) in [5.74, 6) is -0.417. The van der Waals surface area contributed by atoms with Crippen molar-refractivity contribution in [2.75, 3.05) is 5.75 Å². The molecule has 0 aromatic heterocycles. The lowest BCUT2D eigenvalue weighted by molar-refractivity contribution is -0.127. The molecule has 41 heavy (non-hydrogen) atoms. The quantitative estimate of drug-likeness (QED) is 0.238. The van der Waals surface area contributed by atoms with Crippen molar-refractivity contribution in [2.45, 2.75) is 74.8 Å². The van der Waals surface area contributed by atoms with Crippen molar-refractivity contribution >= 4 is 23.8 Å². The van der Waals surface area contributed by atoms with E-state index < -0.39 is 41.9 Å². The van der Waals surface area contributed by atoms with Crippen LogP contribution in [-0.2, 0) is 22.4 Å². The number of carbonyl (C=O) groups is 2. The lowest BCUT2D eigenvalue weighted by Gasteiger charge is -2.29. The van der Waals surface area contributed by atoms with Gasteiger partial charge in [-0.3, -0.25) is 4.79 Å². The zero-order chi connectivity index (χ0) is 29.4. The second-order valence-electron chi connectivity index (χ2n) is 11.5. The second-order valence-corrected chi connectivity index (χ2v) is 12.6. The van der Waals surface area contributed by atoms with Crippen molar-refractivity contribution in [1.82, 2.24) is 10.6 Å². The number of alkyl carbamates (subject to hydrolysis) is 1. The number of aliphatic hydroxyl groups is 2. The first-order chi connectivity index (χ1) is 19.6. The summed E-state index contributed by atoms with van der Waals surface area (Å²) in [6, 6.07) is 25.9. The number of thioether (sulfide) groups is 1. The van der Waals surface area contributed by atoms with E-state index in [1.165, 1.54) is 11.8 Å². The molecule has 1 aliphatic rings. The maximum Gasteiger partial charge on any atom is 0.407 e. The summed E-state index contributed by atoms with van der Waals surface area (Å²) in [6.07, 6.45) is -1.41. The number of carbonyl (C=O) groups excluding carboxylic acids is 2. The summed E-state index contributed by atoms with van der Waals surface area (Å²) < 4.78 is 5.48. The second kappa shape index (κ2) is 14.0. The van der Waals surface area contributed by atoms with Gasteiger partial charge >= 0.3 is 6.09 Å². The van der Waals surface area contributed by atoms with E-state index in [0.717, 1.165) is 21.6 Å². The molecule has 0 aliphatic heterocycles. The van der Waals surface area contributed by atoms with Crippen LogP contribution in [0.15, 0.2) is 89.8 Å². The summed E-state index contributed by atoms with van der Waals surface area (Å²) in [5, 5.41) is 28.1. The maximum absolute atomic E-state index is 13.7. The average molecular weight is 577 g/mol. The molecule has 2 amide bonds. The molecule has 8 heteroatoms. The molecule has 0 saturated heterocycles. The molecule has 0 bridgehead atoms. The van der Waals surface area contributed by atoms with Crippen LogP contribution in [0.25, 0.3) is 0 Å². The zero-order valence-corrected chi connectivity index (χ0v) is 24.6. The Bertz CT molecular complexity index is 1280. The van der Waals surface area contributed by atoms with Gasteiger partial charge in [0.25, 0.3) is 0 Å². The third-order valence-electron chi connectivity index (χ3n) is 7.06. The molecule has 3 aromatic rings. The molecule has 0 heterocycles. The van der Waals surface area contributed by atoms with Gasteiger partial charge in [-0.05, 0) is 62.4 Å². The molecule has 218 valence electrons. The number of aliphatic hydroxyl groups excluding tert-OH is 2. The third kappa shape index (κ3) is 9.08. The Kier molecular flexibility index (Phi) is 10.5. The van der Waals surface area contributed by atoms with E-state index in [1.54, 1.807) is 20.8 Å². The Morgan fingerprint density at radius 1 is 0.976 bits per heavy atom. The summed E-state index contributed by atoms with van der Waals surface area (Å²) in [7, 11) is 0. The van der Waals surface area contributed by atoms with Gasteiger partial charge in [0.1, 0.15) is 5.60 Å². The summed E-state index contributed by atoms with van der Waals surface area (Å²) in [4.78, 5) is 27.5. The predicted molar refractivity (Wildman–Crippen MR) is 162 cm³/mol. The fourth-order valence-corrected chi connectivity index (χ4v) is 6.08. The van der Waals surface area contributed by atoms with Crippen LogP contribution in [0, 0.1) is 5.92 Å². The first-order valence-corrected chi connectivity index (χ1v) is 15.0. The number of nitrogens with one attached hydrogen (secondary N) is 2. The fourth-order valence-electron chi connectivity index (χ4n) is 5.05. The van der Waals surface area contributed by atoms with Crippen molar-refractivity contribution in [3.05, 3.63) is 102 Å². The number of hydrogen-bond donors (Lipinski definition) is 4. The van der Waals surface area contributed by atoms with Crippen molar-refractivity contribution in [1.29, 1.82) is 0 Å². The summed E-state index contributed by atoms with van der Waals surface area (Å²) >= 11 is 1.53. The van der Waals surface area contributed by atoms with Crippen LogP contribution in [0.2, 0.25) is 0 Å². The highest BCUT2D eigenvalue weighted by Gasteiger charge is 2.35. The van der Waals surface area contributed by atoms with Gasteiger partial charge in [0.2, 0.25) is 5.91 Å². The maximum atomic E-state index is 13.7. The topological polar surface area (TPSA) is 108 Å². The van der Waals surface area contributed by atoms with Gasteiger partial charge in [0.05, 0.1) is 24.3 Å². The van der Waals surface area contributed by atoms with E-state index in [4.69, 9.17) is 4.74 Å². The fraction of sp³-hybridized carbons (Fsp3) is 0.394. The van der Waals surface area contributed by atoms with Gasteiger partial charge in [-0.2, -0.15) is 0 Å². The molecule has 3 unspecified atom stereocenters. The van der Waals surface area contributed by atoms with Gasteiger partial charge in [-0.25, -0.2) is 4.79 Å². The Morgan fingerprint density at radius 2 is 1.61 bits per heavy atom. The minimum absolute atomic E-state index is 0.115. The normalized spacial score (nSPS) is 18.6. The van der Waals surface area contributed by atoms with Crippen LogP contribution in [0.5, 0.6) is 0 Å². The van der Waals surface area contributed by atoms with Crippen LogP contribution < -0.4 is 10.6 Å². The monoisotopic (exact) mass is 576 g/mol. The molecule has 0 spiro atoms. The number of amides is 2. The van der Waals surface area contributed by atoms with E-state index in [2.05, 4.69) is 10.6 Å². The Morgan fingerprint density at radius 3 is 2.29 bits per heavy atom. The molecular weight excluding hydrogens is 536 g/mol. The Hall–Kier alpha value is -3.33. The van der Waals surface area contributed by atoms with E-state index >= 15 is 0 Å². The number of hydrogen-bond acceptors (Lipinski definition) is 6. The molecule has 0 fully saturated rings. The molecule has 1 aliphatic carbocycles. The van der Waals surface area contributed by atoms with Gasteiger partial charge in [-0.15, -0.1) is 11.8 Å². The predicted octanol–water partition coefficient (Wildman–Crippen LogP) is 5.06. The zero-order valence-electron chi connectivity index (χ0n) is 23.8. The first kappa shape index (κ1) is 30.6. The summed E-state index contributed by atoms with van der Waals surface area (Å²) in [6.45, 7) is 5.35. The molecule has 4 rings (SSSR count). The number of rotatable bonds is 11. The number of fused-ring (bicyclic) bond motifs is 1. The first-order valence-electron chi connectivity index (χ1n) is 14.0. The number of benzene rings is 3. The van der Waals surface area contributed by atoms with Crippen LogP contribution in [0.3, 0.4) is 0 Å². The number of ether oxygens (including phenoxy) is 1. The standard InChI is InChI=1S/C33H40N2O5S/c1-33(2,3)40-32(39)34-27(18-22-12-6-4-7-13-22)28(36)20-24(21-41-25-15-8-5-9-16-25)31(38)35-30-26-17-11-10-14-23(26)19-29(30)37/h4-17,24,27-30,36-37H,18-21H2,1-3H3,(H,34,39)(H,35,38)/t24?,27?,28?,29-,30-/m0/s1. The highest BCUT2D eigenvalue weighted by atomic mass is 32.2. The lowest BCUT2D eigenvalue weighted by Crippen LogP contribution is -2.48. The van der Waals surface area contributed by atoms with Crippen LogP contribution in [0.1, 0.15) is 49.9 Å². The Labute approximate surface area is 246 Å².